The molecule has 2 rings (SSSR count). The van der Waals surface area contributed by atoms with E-state index in [2.05, 4.69) is 17.7 Å². The van der Waals surface area contributed by atoms with Gasteiger partial charge < -0.3 is 5.11 Å². The van der Waals surface area contributed by atoms with E-state index in [1.54, 1.807) is 32.0 Å². The van der Waals surface area contributed by atoms with Crippen LogP contribution in [-0.4, -0.2) is 25.3 Å². The van der Waals surface area contributed by atoms with Crippen molar-refractivity contribution in [3.63, 3.8) is 0 Å². The standard InChI is InChI=1S/C19H28N2O3S/c1-14(2)25(23,24)21-13-15(3)17-7-9-19(22,10-8-17)18-6-4-5-16(11-18)12-20/h4-6,11,14-15,17,21-22H,7-10,13H2,1-3H3. The fraction of sp³-hybridized carbons (Fsp3) is 0.632. The maximum absolute atomic E-state index is 11.9. The van der Waals surface area contributed by atoms with Crippen molar-refractivity contribution in [2.24, 2.45) is 11.8 Å². The first-order chi connectivity index (χ1) is 11.7. The van der Waals surface area contributed by atoms with E-state index in [-0.39, 0.29) is 5.92 Å². The monoisotopic (exact) mass is 364 g/mol. The van der Waals surface area contributed by atoms with E-state index >= 15 is 0 Å². The number of nitriles is 1. The molecular weight excluding hydrogens is 336 g/mol. The molecule has 1 atom stereocenters. The van der Waals surface area contributed by atoms with Gasteiger partial charge in [-0.05, 0) is 69.1 Å². The summed E-state index contributed by atoms with van der Waals surface area (Å²) >= 11 is 0. The highest BCUT2D eigenvalue weighted by atomic mass is 32.2. The molecule has 0 saturated heterocycles. The van der Waals surface area contributed by atoms with Crippen LogP contribution in [0.25, 0.3) is 0 Å². The zero-order chi connectivity index (χ0) is 18.7. The van der Waals surface area contributed by atoms with Gasteiger partial charge in [-0.3, -0.25) is 0 Å². The Hall–Kier alpha value is -1.42. The minimum atomic E-state index is -3.24. The Labute approximate surface area is 151 Å². The smallest absolute Gasteiger partial charge is 0.213 e. The van der Waals surface area contributed by atoms with Crippen molar-refractivity contribution in [2.75, 3.05) is 6.54 Å². The predicted octanol–water partition coefficient (Wildman–Crippen LogP) is 2.90. The number of hydrogen-bond acceptors (Lipinski definition) is 4. The van der Waals surface area contributed by atoms with Gasteiger partial charge in [0.25, 0.3) is 0 Å². The third kappa shape index (κ3) is 4.81. The molecular formula is C19H28N2O3S. The number of aliphatic hydroxyl groups is 1. The van der Waals surface area contributed by atoms with Crippen LogP contribution in [0.15, 0.2) is 24.3 Å². The van der Waals surface area contributed by atoms with Gasteiger partial charge in [0.15, 0.2) is 0 Å². The van der Waals surface area contributed by atoms with Crippen LogP contribution in [0.1, 0.15) is 57.6 Å². The molecule has 0 aromatic heterocycles. The Kier molecular flexibility index (Phi) is 6.26. The Morgan fingerprint density at radius 1 is 1.32 bits per heavy atom. The van der Waals surface area contributed by atoms with E-state index in [1.165, 1.54) is 0 Å². The fourth-order valence-corrected chi connectivity index (χ4v) is 4.26. The van der Waals surface area contributed by atoms with Gasteiger partial charge in [-0.15, -0.1) is 0 Å². The van der Waals surface area contributed by atoms with Crippen molar-refractivity contribution in [3.05, 3.63) is 35.4 Å². The van der Waals surface area contributed by atoms with Crippen LogP contribution < -0.4 is 4.72 Å². The van der Waals surface area contributed by atoms with Gasteiger partial charge in [0, 0.05) is 6.54 Å². The molecule has 1 unspecified atom stereocenters. The molecule has 0 heterocycles. The Bertz CT molecular complexity index is 729. The normalized spacial score (nSPS) is 25.5. The number of benzene rings is 1. The van der Waals surface area contributed by atoms with E-state index in [4.69, 9.17) is 5.26 Å². The first kappa shape index (κ1) is 19.9. The SMILES string of the molecule is CC(CNS(=O)(=O)C(C)C)C1CCC(O)(c2cccc(C#N)c2)CC1. The quantitative estimate of drug-likeness (QED) is 0.812. The van der Waals surface area contributed by atoms with Gasteiger partial charge in [-0.1, -0.05) is 19.1 Å². The lowest BCUT2D eigenvalue weighted by Crippen LogP contribution is -2.38. The summed E-state index contributed by atoms with van der Waals surface area (Å²) in [6.45, 7) is 5.84. The number of nitrogens with zero attached hydrogens (tertiary/aromatic N) is 1. The topological polar surface area (TPSA) is 90.2 Å². The molecule has 25 heavy (non-hydrogen) atoms. The molecule has 6 heteroatoms. The van der Waals surface area contributed by atoms with Crippen LogP contribution in [0, 0.1) is 23.2 Å². The van der Waals surface area contributed by atoms with Gasteiger partial charge in [0.1, 0.15) is 0 Å². The lowest BCUT2D eigenvalue weighted by molar-refractivity contribution is -0.0207. The van der Waals surface area contributed by atoms with Crippen LogP contribution >= 0.6 is 0 Å². The van der Waals surface area contributed by atoms with Crippen LogP contribution in [0.3, 0.4) is 0 Å². The lowest BCUT2D eigenvalue weighted by Gasteiger charge is -2.38. The van der Waals surface area contributed by atoms with Crippen LogP contribution in [-0.2, 0) is 15.6 Å². The summed E-state index contributed by atoms with van der Waals surface area (Å²) in [6, 6.07) is 9.30. The van der Waals surface area contributed by atoms with Crippen LogP contribution in [0.4, 0.5) is 0 Å². The molecule has 1 aliphatic rings. The number of sulfonamides is 1. The van der Waals surface area contributed by atoms with Crippen molar-refractivity contribution in [3.8, 4) is 6.07 Å². The molecule has 0 aliphatic heterocycles. The minimum absolute atomic E-state index is 0.225. The first-order valence-electron chi connectivity index (χ1n) is 8.89. The Morgan fingerprint density at radius 3 is 2.52 bits per heavy atom. The molecule has 1 aliphatic carbocycles. The molecule has 0 amide bonds. The first-order valence-corrected chi connectivity index (χ1v) is 10.4. The van der Waals surface area contributed by atoms with Gasteiger partial charge in [0.05, 0.1) is 22.5 Å². The number of hydrogen-bond donors (Lipinski definition) is 2. The molecule has 5 nitrogen and oxygen atoms in total. The van der Waals surface area contributed by atoms with Crippen LogP contribution in [0.2, 0.25) is 0 Å². The molecule has 1 fully saturated rings. The number of rotatable bonds is 6. The second kappa shape index (κ2) is 7.86. The molecule has 138 valence electrons. The maximum Gasteiger partial charge on any atom is 0.213 e. The van der Waals surface area contributed by atoms with E-state index in [1.807, 2.05) is 6.07 Å². The Balaban J connectivity index is 1.95. The molecule has 0 radical (unpaired) electrons. The summed E-state index contributed by atoms with van der Waals surface area (Å²) in [5.41, 5.74) is 0.475. The summed E-state index contributed by atoms with van der Waals surface area (Å²) in [7, 11) is -3.24. The molecule has 1 aromatic carbocycles. The summed E-state index contributed by atoms with van der Waals surface area (Å²) in [5, 5.41) is 19.6. The van der Waals surface area contributed by atoms with Crippen molar-refractivity contribution in [2.45, 2.75) is 57.3 Å². The summed E-state index contributed by atoms with van der Waals surface area (Å²) in [6.07, 6.45) is 2.96. The van der Waals surface area contributed by atoms with Crippen molar-refractivity contribution < 1.29 is 13.5 Å². The van der Waals surface area contributed by atoms with Gasteiger partial charge in [0.2, 0.25) is 10.0 Å². The second-order valence-corrected chi connectivity index (χ2v) is 9.80. The number of nitrogens with one attached hydrogen (secondary N) is 1. The van der Waals surface area contributed by atoms with E-state index in [9.17, 15) is 13.5 Å². The Morgan fingerprint density at radius 2 is 1.96 bits per heavy atom. The summed E-state index contributed by atoms with van der Waals surface area (Å²) < 4.78 is 26.5. The average Bonchev–Trinajstić information content (AvgIpc) is 2.60. The second-order valence-electron chi connectivity index (χ2n) is 7.48. The largest absolute Gasteiger partial charge is 0.385 e. The van der Waals surface area contributed by atoms with E-state index < -0.39 is 20.9 Å². The molecule has 2 N–H and O–H groups in total. The highest BCUT2D eigenvalue weighted by Gasteiger charge is 2.36. The van der Waals surface area contributed by atoms with Crippen molar-refractivity contribution >= 4 is 10.0 Å². The molecule has 1 saturated carbocycles. The van der Waals surface area contributed by atoms with Crippen molar-refractivity contribution in [1.29, 1.82) is 5.26 Å². The fourth-order valence-electron chi connectivity index (χ4n) is 3.43. The van der Waals surface area contributed by atoms with Gasteiger partial charge in [-0.25, -0.2) is 13.1 Å². The molecule has 0 spiro atoms. The lowest BCUT2D eigenvalue weighted by atomic mass is 9.71. The highest BCUT2D eigenvalue weighted by Crippen LogP contribution is 2.41. The summed E-state index contributed by atoms with van der Waals surface area (Å²) in [4.78, 5) is 0. The minimum Gasteiger partial charge on any atom is -0.385 e. The highest BCUT2D eigenvalue weighted by molar-refractivity contribution is 7.90. The molecule has 0 bridgehead atoms. The third-order valence-electron chi connectivity index (χ3n) is 5.42. The maximum atomic E-state index is 11.9. The average molecular weight is 365 g/mol. The van der Waals surface area contributed by atoms with Gasteiger partial charge in [-0.2, -0.15) is 5.26 Å². The van der Waals surface area contributed by atoms with E-state index in [0.717, 1.165) is 18.4 Å². The van der Waals surface area contributed by atoms with Crippen LogP contribution in [0.5, 0.6) is 0 Å². The van der Waals surface area contributed by atoms with Gasteiger partial charge >= 0.3 is 0 Å². The molecule has 1 aromatic rings. The van der Waals surface area contributed by atoms with E-state index in [0.29, 0.717) is 30.9 Å². The third-order valence-corrected chi connectivity index (χ3v) is 7.23. The zero-order valence-electron chi connectivity index (χ0n) is 15.2. The predicted molar refractivity (Wildman–Crippen MR) is 98.2 cm³/mol. The van der Waals surface area contributed by atoms with Crippen molar-refractivity contribution in [1.82, 2.24) is 4.72 Å². The summed E-state index contributed by atoms with van der Waals surface area (Å²) in [5.74, 6) is 0.609. The zero-order valence-corrected chi connectivity index (χ0v) is 16.0.